The van der Waals surface area contributed by atoms with Crippen molar-refractivity contribution in [3.63, 3.8) is 0 Å². The summed E-state index contributed by atoms with van der Waals surface area (Å²) in [5.41, 5.74) is -0.897. The van der Waals surface area contributed by atoms with Crippen molar-refractivity contribution in [1.82, 2.24) is 9.62 Å². The first-order valence-corrected chi connectivity index (χ1v) is 10.9. The van der Waals surface area contributed by atoms with Crippen LogP contribution in [0.4, 0.5) is 18.9 Å². The second-order valence-corrected chi connectivity index (χ2v) is 9.37. The first-order chi connectivity index (χ1) is 14.1. The molecule has 0 saturated carbocycles. The van der Waals surface area contributed by atoms with Gasteiger partial charge >= 0.3 is 6.18 Å². The summed E-state index contributed by atoms with van der Waals surface area (Å²) >= 11 is 0. The third-order valence-corrected chi connectivity index (χ3v) is 6.96. The molecule has 2 atom stereocenters. The van der Waals surface area contributed by atoms with E-state index in [0.29, 0.717) is 25.1 Å². The molecule has 2 aromatic rings. The van der Waals surface area contributed by atoms with Gasteiger partial charge in [0.25, 0.3) is 5.91 Å². The first kappa shape index (κ1) is 20.8. The topological polar surface area (TPSA) is 84.5 Å². The smallest absolute Gasteiger partial charge is 0.416 e. The zero-order valence-corrected chi connectivity index (χ0v) is 16.7. The van der Waals surface area contributed by atoms with Gasteiger partial charge in [-0.15, -0.1) is 4.72 Å². The van der Waals surface area contributed by atoms with Gasteiger partial charge in [0.2, 0.25) is 0 Å². The molecule has 2 aliphatic rings. The molecule has 30 heavy (non-hydrogen) atoms. The molecule has 2 heterocycles. The molecule has 0 radical (unpaired) electrons. The Morgan fingerprint density at radius 1 is 1.13 bits per heavy atom. The molecule has 0 aliphatic carbocycles. The monoisotopic (exact) mass is 439 g/mol. The number of piperidine rings is 1. The number of likely N-dealkylation sites (tertiary alicyclic amines) is 1. The maximum atomic E-state index is 12.9. The van der Waals surface area contributed by atoms with Crippen molar-refractivity contribution in [3.05, 3.63) is 59.7 Å². The molecule has 1 amide bonds. The molecule has 2 aromatic carbocycles. The summed E-state index contributed by atoms with van der Waals surface area (Å²) < 4.78 is 66.0. The summed E-state index contributed by atoms with van der Waals surface area (Å²) in [6.45, 7) is 0.766. The number of rotatable bonds is 1. The van der Waals surface area contributed by atoms with Crippen molar-refractivity contribution in [2.24, 2.45) is 0 Å². The predicted octanol–water partition coefficient (Wildman–Crippen LogP) is 3.30. The number of sulfonamides is 1. The molecule has 2 unspecified atom stereocenters. The van der Waals surface area contributed by atoms with Crippen molar-refractivity contribution in [1.29, 1.82) is 0 Å². The largest absolute Gasteiger partial charge is 0.593 e. The number of amides is 1. The van der Waals surface area contributed by atoms with E-state index >= 15 is 0 Å². The molecule has 10 heteroatoms. The number of halogens is 3. The van der Waals surface area contributed by atoms with Crippen LogP contribution in [-0.2, 0) is 20.8 Å². The molecular formula is C20H20F3N3O3S. The molecule has 4 rings (SSSR count). The van der Waals surface area contributed by atoms with Gasteiger partial charge in [-0.1, -0.05) is 16.3 Å². The average molecular weight is 439 g/mol. The maximum absolute atomic E-state index is 12.9. The highest BCUT2D eigenvalue weighted by molar-refractivity contribution is 7.96. The number of carbonyl (C=O) groups excluding carboxylic acids is 1. The molecule has 1 spiro atoms. The summed E-state index contributed by atoms with van der Waals surface area (Å²) in [6, 6.07) is 10.7. The maximum Gasteiger partial charge on any atom is 0.416 e. The van der Waals surface area contributed by atoms with Gasteiger partial charge in [-0.05, 0) is 49.2 Å². The number of alkyl halides is 3. The average Bonchev–Trinajstić information content (AvgIpc) is 2.82. The van der Waals surface area contributed by atoms with E-state index in [4.69, 9.17) is 0 Å². The Kier molecular flexibility index (Phi) is 5.11. The molecule has 1 fully saturated rings. The van der Waals surface area contributed by atoms with Crippen LogP contribution in [-0.4, -0.2) is 40.5 Å². The van der Waals surface area contributed by atoms with Gasteiger partial charge in [0.15, 0.2) is 15.3 Å². The summed E-state index contributed by atoms with van der Waals surface area (Å²) in [7, 11) is -3.69. The molecule has 6 nitrogen and oxygen atoms in total. The Bertz CT molecular complexity index is 1010. The highest BCUT2D eigenvalue weighted by atomic mass is 32.3. The molecular weight excluding hydrogens is 419 g/mol. The van der Waals surface area contributed by atoms with E-state index in [1.807, 2.05) is 0 Å². The fourth-order valence-electron chi connectivity index (χ4n) is 3.98. The number of nitrogens with one attached hydrogen (secondary N) is 2. The van der Waals surface area contributed by atoms with Gasteiger partial charge < -0.3 is 14.8 Å². The lowest BCUT2D eigenvalue weighted by Crippen LogP contribution is -2.59. The minimum Gasteiger partial charge on any atom is -0.593 e. The van der Waals surface area contributed by atoms with Crippen LogP contribution in [0.2, 0.25) is 0 Å². The first-order valence-electron chi connectivity index (χ1n) is 9.43. The second-order valence-electron chi connectivity index (χ2n) is 7.63. The predicted molar refractivity (Wildman–Crippen MR) is 104 cm³/mol. The highest BCUT2D eigenvalue weighted by Gasteiger charge is 2.43. The van der Waals surface area contributed by atoms with E-state index in [1.165, 1.54) is 18.2 Å². The Hall–Kier alpha value is -2.43. The lowest BCUT2D eigenvalue weighted by atomic mass is 9.88. The number of nitrogens with zero attached hydrogens (tertiary/aromatic N) is 1. The van der Waals surface area contributed by atoms with Crippen LogP contribution in [0, 0.1) is 0 Å². The van der Waals surface area contributed by atoms with E-state index < -0.39 is 27.7 Å². The molecule has 2 aliphatic heterocycles. The van der Waals surface area contributed by atoms with Crippen molar-refractivity contribution in [2.75, 3.05) is 25.0 Å². The zero-order valence-electron chi connectivity index (χ0n) is 15.9. The normalized spacial score (nSPS) is 26.6. The van der Waals surface area contributed by atoms with Crippen molar-refractivity contribution < 1.29 is 26.7 Å². The quantitative estimate of drug-likeness (QED) is 0.668. The molecule has 0 aromatic heterocycles. The Morgan fingerprint density at radius 2 is 1.83 bits per heavy atom. The fraction of sp³-hybridized carbons (Fsp3) is 0.350. The van der Waals surface area contributed by atoms with E-state index in [-0.39, 0.29) is 29.5 Å². The van der Waals surface area contributed by atoms with E-state index in [1.54, 1.807) is 23.1 Å². The summed E-state index contributed by atoms with van der Waals surface area (Å²) in [4.78, 5) is 14.6. The van der Waals surface area contributed by atoms with Crippen LogP contribution in [0.1, 0.15) is 28.8 Å². The number of benzene rings is 2. The third kappa shape index (κ3) is 3.94. The zero-order chi connectivity index (χ0) is 21.6. The molecule has 1 saturated heterocycles. The minimum absolute atomic E-state index is 0.0980. The van der Waals surface area contributed by atoms with Crippen molar-refractivity contribution in [2.45, 2.75) is 29.5 Å². The van der Waals surface area contributed by atoms with E-state index in [0.717, 1.165) is 12.1 Å². The van der Waals surface area contributed by atoms with Crippen LogP contribution in [0.5, 0.6) is 0 Å². The second kappa shape index (κ2) is 7.36. The van der Waals surface area contributed by atoms with Gasteiger partial charge in [0.05, 0.1) is 23.3 Å². The van der Waals surface area contributed by atoms with Gasteiger partial charge in [0, 0.05) is 18.7 Å². The minimum atomic E-state index is -4.47. The van der Waals surface area contributed by atoms with E-state index in [9.17, 15) is 26.7 Å². The van der Waals surface area contributed by atoms with Crippen LogP contribution < -0.4 is 10.0 Å². The lowest BCUT2D eigenvalue weighted by Gasteiger charge is -2.42. The Balaban J connectivity index is 1.57. The van der Waals surface area contributed by atoms with Crippen LogP contribution in [0.3, 0.4) is 0 Å². The van der Waals surface area contributed by atoms with Crippen LogP contribution >= 0.6 is 0 Å². The van der Waals surface area contributed by atoms with Crippen molar-refractivity contribution >= 4 is 22.0 Å². The SMILES string of the molecule is O=C(c1ccc(C(F)(F)F)cc1)N1CCCC2(CN[S+](=O)([O-])c3ccccc3N2)C1. The van der Waals surface area contributed by atoms with Crippen LogP contribution in [0.25, 0.3) is 0 Å². The Labute approximate surface area is 172 Å². The Morgan fingerprint density at radius 3 is 2.53 bits per heavy atom. The summed E-state index contributed by atoms with van der Waals surface area (Å²) in [6.07, 6.45) is -3.20. The highest BCUT2D eigenvalue weighted by Crippen LogP contribution is 2.35. The van der Waals surface area contributed by atoms with Crippen molar-refractivity contribution in [3.8, 4) is 0 Å². The molecule has 2 N–H and O–H groups in total. The van der Waals surface area contributed by atoms with Gasteiger partial charge in [-0.2, -0.15) is 13.2 Å². The fourth-order valence-corrected chi connectivity index (χ4v) is 5.27. The number of anilines is 1. The van der Waals surface area contributed by atoms with Gasteiger partial charge in [0.1, 0.15) is 0 Å². The summed E-state index contributed by atoms with van der Waals surface area (Å²) in [5.74, 6) is -0.384. The van der Waals surface area contributed by atoms with Crippen LogP contribution in [0.15, 0.2) is 53.4 Å². The number of carbonyl (C=O) groups is 1. The number of fused-ring (bicyclic) bond motifs is 1. The lowest BCUT2D eigenvalue weighted by molar-refractivity contribution is -0.137. The number of hydrogen-bond acceptors (Lipinski definition) is 4. The summed E-state index contributed by atoms with van der Waals surface area (Å²) in [5, 5.41) is 3.31. The number of para-hydroxylation sites is 1. The van der Waals surface area contributed by atoms with Gasteiger partial charge in [-0.3, -0.25) is 4.79 Å². The molecule has 0 bridgehead atoms. The van der Waals surface area contributed by atoms with E-state index in [2.05, 4.69) is 10.0 Å². The number of hydrogen-bond donors (Lipinski definition) is 2. The third-order valence-electron chi connectivity index (χ3n) is 5.50. The van der Waals surface area contributed by atoms with Gasteiger partial charge in [-0.25, -0.2) is 0 Å². The standard InChI is InChI=1S/C20H20F3N3O3S/c21-20(22,23)15-8-6-14(7-9-15)18(27)26-11-3-10-19(13-26)12-24-30(28,29)17-5-2-1-4-16(17)25-19/h1-2,4-9H,3,10-13H2,(H2-,24,25,28,29). The molecule has 160 valence electrons.